The number of aliphatic hydroxyl groups is 2. The Morgan fingerprint density at radius 2 is 1.12 bits per heavy atom. The number of hydrogen-bond acceptors (Lipinski definition) is 5. The molecule has 1 unspecified atom stereocenters. The third-order valence-electron chi connectivity index (χ3n) is 7.61. The summed E-state index contributed by atoms with van der Waals surface area (Å²) in [6.07, 6.45) is -1.01. The summed E-state index contributed by atoms with van der Waals surface area (Å²) >= 11 is 0. The van der Waals surface area contributed by atoms with Crippen molar-refractivity contribution >= 4 is 7.82 Å². The molecular weight excluding hydrogens is 539 g/mol. The fourth-order valence-electron chi connectivity index (χ4n) is 4.83. The maximum absolute atomic E-state index is 11.8. The van der Waals surface area contributed by atoms with Crippen molar-refractivity contribution in [1.82, 2.24) is 0 Å². The highest BCUT2D eigenvalue weighted by molar-refractivity contribution is 7.46. The molecular formula is C33H53O7P. The quantitative estimate of drug-likeness (QED) is 0.230. The highest BCUT2D eigenvalue weighted by Crippen LogP contribution is 2.48. The number of benzene rings is 2. The second-order valence-electron chi connectivity index (χ2n) is 15.5. The van der Waals surface area contributed by atoms with Crippen molar-refractivity contribution in [3.8, 4) is 5.75 Å². The first-order valence-corrected chi connectivity index (χ1v) is 15.8. The van der Waals surface area contributed by atoms with E-state index in [9.17, 15) is 24.6 Å². The van der Waals surface area contributed by atoms with Crippen molar-refractivity contribution in [2.45, 2.75) is 111 Å². The van der Waals surface area contributed by atoms with Gasteiger partial charge in [-0.2, -0.15) is 0 Å². The van der Waals surface area contributed by atoms with Crippen LogP contribution in [-0.4, -0.2) is 39.8 Å². The molecule has 2 aromatic rings. The van der Waals surface area contributed by atoms with E-state index in [1.807, 2.05) is 24.3 Å². The van der Waals surface area contributed by atoms with Crippen molar-refractivity contribution in [2.75, 3.05) is 19.8 Å². The number of ether oxygens (including phenoxy) is 1. The topological polar surface area (TPSA) is 116 Å². The number of rotatable bonds is 9. The van der Waals surface area contributed by atoms with Crippen LogP contribution in [-0.2, 0) is 30.7 Å². The first-order chi connectivity index (χ1) is 18.4. The van der Waals surface area contributed by atoms with E-state index in [1.165, 1.54) is 0 Å². The van der Waals surface area contributed by atoms with Gasteiger partial charge in [-0.05, 0) is 55.5 Å². The minimum Gasteiger partial charge on any atom is -0.485 e. The van der Waals surface area contributed by atoms with Gasteiger partial charge in [0.25, 0.3) is 0 Å². The number of hydrogen-bond donors (Lipinski definition) is 4. The van der Waals surface area contributed by atoms with Crippen LogP contribution in [0.5, 0.6) is 5.75 Å². The van der Waals surface area contributed by atoms with Crippen LogP contribution in [0.15, 0.2) is 36.4 Å². The maximum Gasteiger partial charge on any atom is 0.469 e. The summed E-state index contributed by atoms with van der Waals surface area (Å²) in [5.74, 6) is 0.567. The van der Waals surface area contributed by atoms with Crippen molar-refractivity contribution in [1.29, 1.82) is 0 Å². The van der Waals surface area contributed by atoms with Crippen molar-refractivity contribution < 1.29 is 33.8 Å². The Morgan fingerprint density at radius 1 is 0.683 bits per heavy atom. The lowest BCUT2D eigenvalue weighted by Crippen LogP contribution is -2.44. The van der Waals surface area contributed by atoms with Gasteiger partial charge in [-0.25, -0.2) is 4.57 Å². The Morgan fingerprint density at radius 3 is 1.51 bits per heavy atom. The molecule has 8 heteroatoms. The van der Waals surface area contributed by atoms with E-state index < -0.39 is 39.2 Å². The number of phosphoric acid groups is 1. The number of aliphatic hydroxyl groups excluding tert-OH is 2. The molecule has 2 aromatic carbocycles. The lowest BCUT2D eigenvalue weighted by molar-refractivity contribution is -0.0734. The number of phosphoric ester groups is 1. The van der Waals surface area contributed by atoms with Crippen LogP contribution in [0.3, 0.4) is 0 Å². The Labute approximate surface area is 247 Å². The highest BCUT2D eigenvalue weighted by Gasteiger charge is 2.45. The fourth-order valence-corrected chi connectivity index (χ4v) is 5.25. The van der Waals surface area contributed by atoms with Gasteiger partial charge in [0.15, 0.2) is 0 Å². The zero-order chi connectivity index (χ0) is 31.8. The van der Waals surface area contributed by atoms with E-state index in [2.05, 4.69) is 95.2 Å². The van der Waals surface area contributed by atoms with Gasteiger partial charge in [0.2, 0.25) is 0 Å². The van der Waals surface area contributed by atoms with E-state index in [1.54, 1.807) is 0 Å². The van der Waals surface area contributed by atoms with E-state index in [0.29, 0.717) is 11.3 Å². The second kappa shape index (κ2) is 12.1. The van der Waals surface area contributed by atoms with E-state index in [0.717, 1.165) is 22.3 Å². The van der Waals surface area contributed by atoms with Gasteiger partial charge in [0.1, 0.15) is 11.9 Å². The molecule has 0 spiro atoms. The van der Waals surface area contributed by atoms with Gasteiger partial charge < -0.3 is 24.7 Å². The van der Waals surface area contributed by atoms with Crippen molar-refractivity contribution in [3.05, 3.63) is 64.2 Å². The van der Waals surface area contributed by atoms with Gasteiger partial charge in [-0.1, -0.05) is 113 Å². The first kappa shape index (κ1) is 35.5. The highest BCUT2D eigenvalue weighted by atomic mass is 31.2. The summed E-state index contributed by atoms with van der Waals surface area (Å²) in [6.45, 7) is 23.5. The van der Waals surface area contributed by atoms with Crippen LogP contribution in [0, 0.1) is 5.41 Å². The molecule has 0 saturated heterocycles. The molecule has 0 fully saturated rings. The average Bonchev–Trinajstić information content (AvgIpc) is 2.80. The van der Waals surface area contributed by atoms with Gasteiger partial charge >= 0.3 is 7.82 Å². The Bertz CT molecular complexity index is 1230. The van der Waals surface area contributed by atoms with Crippen molar-refractivity contribution in [2.24, 2.45) is 5.41 Å². The summed E-state index contributed by atoms with van der Waals surface area (Å²) < 4.78 is 23.6. The minimum absolute atomic E-state index is 0.0999. The molecule has 7 nitrogen and oxygen atoms in total. The summed E-state index contributed by atoms with van der Waals surface area (Å²) in [5.41, 5.74) is 2.36. The molecule has 0 aliphatic heterocycles. The predicted octanol–water partition coefficient (Wildman–Crippen LogP) is 7.08. The van der Waals surface area contributed by atoms with Crippen molar-refractivity contribution in [3.63, 3.8) is 0 Å². The normalized spacial score (nSPS) is 14.7. The molecule has 0 heterocycles. The predicted molar refractivity (Wildman–Crippen MR) is 166 cm³/mol. The minimum atomic E-state index is -4.92. The van der Waals surface area contributed by atoms with Gasteiger partial charge in [0.05, 0.1) is 25.2 Å². The summed E-state index contributed by atoms with van der Waals surface area (Å²) in [7, 11) is -4.92. The fraction of sp³-hybridized carbons (Fsp3) is 0.636. The monoisotopic (exact) mass is 592 g/mol. The lowest BCUT2D eigenvalue weighted by atomic mass is 9.72. The van der Waals surface area contributed by atoms with Crippen LogP contribution in [0.1, 0.15) is 117 Å². The summed E-state index contributed by atoms with van der Waals surface area (Å²) in [6, 6.07) is 12.1. The molecule has 232 valence electrons. The average molecular weight is 593 g/mol. The molecule has 0 radical (unpaired) electrons. The lowest BCUT2D eigenvalue weighted by Gasteiger charge is -2.41. The Hall–Kier alpha value is -1.73. The summed E-state index contributed by atoms with van der Waals surface area (Å²) in [5, 5.41) is 21.5. The van der Waals surface area contributed by atoms with Crippen LogP contribution in [0.4, 0.5) is 0 Å². The molecule has 4 N–H and O–H groups in total. The molecule has 0 saturated carbocycles. The molecule has 2 rings (SSSR count). The molecule has 0 aliphatic carbocycles. The molecule has 0 amide bonds. The standard InChI is InChI=1S/C33H53O7P/c1-29(2,3)22-13-15-24(25(17-22)31(7,8)9)28(33(19-34,20-35)21-39-41(36,37)38)40-27-16-14-23(30(4,5)6)18-26(27)32(10,11)12/h13-18,28,34-35H,19-21H2,1-12H3,(H2,36,37,38). The van der Waals surface area contributed by atoms with E-state index in [4.69, 9.17) is 9.26 Å². The largest absolute Gasteiger partial charge is 0.485 e. The summed E-state index contributed by atoms with van der Waals surface area (Å²) in [4.78, 5) is 19.1. The van der Waals surface area contributed by atoms with Gasteiger partial charge in [-0.15, -0.1) is 0 Å². The van der Waals surface area contributed by atoms with Gasteiger partial charge in [0, 0.05) is 0 Å². The third-order valence-corrected chi connectivity index (χ3v) is 8.08. The molecule has 41 heavy (non-hydrogen) atoms. The van der Waals surface area contributed by atoms with Crippen LogP contribution < -0.4 is 4.74 Å². The third kappa shape index (κ3) is 8.89. The molecule has 0 aromatic heterocycles. The Kier molecular flexibility index (Phi) is 10.5. The smallest absolute Gasteiger partial charge is 0.469 e. The molecule has 0 aliphatic rings. The van der Waals surface area contributed by atoms with E-state index >= 15 is 0 Å². The zero-order valence-corrected chi connectivity index (χ0v) is 28.0. The van der Waals surface area contributed by atoms with E-state index in [-0.39, 0.29) is 21.7 Å². The Balaban J connectivity index is 2.95. The molecule has 1 atom stereocenters. The van der Waals surface area contributed by atoms with Gasteiger partial charge in [-0.3, -0.25) is 4.52 Å². The maximum atomic E-state index is 11.8. The molecule has 0 bridgehead atoms. The van der Waals surface area contributed by atoms with Crippen LogP contribution in [0.2, 0.25) is 0 Å². The first-order valence-electron chi connectivity index (χ1n) is 14.2. The zero-order valence-electron chi connectivity index (χ0n) is 27.1. The van der Waals surface area contributed by atoms with Crippen LogP contribution in [0.25, 0.3) is 0 Å². The second-order valence-corrected chi connectivity index (χ2v) is 16.7. The SMILES string of the molecule is CC(C)(C)c1ccc(OC(c2ccc(C(C)(C)C)cc2C(C)(C)C)C(CO)(CO)COP(=O)(O)O)c(C(C)(C)C)c1. The van der Waals surface area contributed by atoms with Crippen LogP contribution >= 0.6 is 7.82 Å².